The Bertz CT molecular complexity index is 382. The molecule has 6 heteroatoms. The summed E-state index contributed by atoms with van der Waals surface area (Å²) in [5.74, 6) is 1.26. The number of nitrogens with one attached hydrogen (secondary N) is 1. The van der Waals surface area contributed by atoms with Crippen molar-refractivity contribution in [3.63, 3.8) is 0 Å². The topological polar surface area (TPSA) is 67.3 Å². The highest BCUT2D eigenvalue weighted by molar-refractivity contribution is 5.69. The molecule has 6 nitrogen and oxygen atoms in total. The molecule has 100 valence electrons. The number of nitrogens with zero attached hydrogens (tertiary/aromatic N) is 3. The number of carbonyl (C=O) groups excluding carboxylic acids is 1. The van der Waals surface area contributed by atoms with E-state index in [1.165, 1.54) is 0 Å². The van der Waals surface area contributed by atoms with Gasteiger partial charge in [-0.2, -0.15) is 4.98 Å². The van der Waals surface area contributed by atoms with E-state index in [9.17, 15) is 4.79 Å². The number of ether oxygens (including phenoxy) is 1. The number of hydrogen-bond donors (Lipinski definition) is 1. The van der Waals surface area contributed by atoms with Gasteiger partial charge < -0.3 is 15.0 Å². The van der Waals surface area contributed by atoms with Crippen LogP contribution in [0.25, 0.3) is 0 Å². The second kappa shape index (κ2) is 7.47. The maximum absolute atomic E-state index is 11.1. The van der Waals surface area contributed by atoms with Crippen LogP contribution < -0.4 is 10.2 Å². The van der Waals surface area contributed by atoms with Crippen LogP contribution in [-0.4, -0.2) is 43.2 Å². The van der Waals surface area contributed by atoms with E-state index >= 15 is 0 Å². The Morgan fingerprint density at radius 1 is 1.50 bits per heavy atom. The van der Waals surface area contributed by atoms with Gasteiger partial charge in [-0.15, -0.1) is 0 Å². The molecule has 0 saturated carbocycles. The minimum absolute atomic E-state index is 0.157. The zero-order valence-corrected chi connectivity index (χ0v) is 11.1. The molecule has 0 saturated heterocycles. The molecule has 0 aliphatic heterocycles. The number of rotatable bonds is 7. The largest absolute Gasteiger partial charge is 0.466 e. The molecule has 0 aliphatic carbocycles. The lowest BCUT2D eigenvalue weighted by molar-refractivity contribution is -0.143. The Labute approximate surface area is 107 Å². The van der Waals surface area contributed by atoms with Gasteiger partial charge in [0, 0.05) is 33.3 Å². The van der Waals surface area contributed by atoms with Gasteiger partial charge in [-0.25, -0.2) is 4.98 Å². The maximum Gasteiger partial charge on any atom is 0.305 e. The lowest BCUT2D eigenvalue weighted by Gasteiger charge is -2.11. The molecule has 0 spiro atoms. The SMILES string of the molecule is CCOC(=O)CCCNc1ccnc(N(C)C)n1. The summed E-state index contributed by atoms with van der Waals surface area (Å²) in [4.78, 5) is 21.4. The zero-order chi connectivity index (χ0) is 13.4. The number of aromatic nitrogens is 2. The molecular weight excluding hydrogens is 232 g/mol. The Morgan fingerprint density at radius 2 is 2.28 bits per heavy atom. The number of hydrogen-bond acceptors (Lipinski definition) is 6. The van der Waals surface area contributed by atoms with Crippen LogP contribution in [0.3, 0.4) is 0 Å². The monoisotopic (exact) mass is 252 g/mol. The highest BCUT2D eigenvalue weighted by Gasteiger charge is 2.02. The first kappa shape index (κ1) is 14.2. The predicted octanol–water partition coefficient (Wildman–Crippen LogP) is 1.30. The maximum atomic E-state index is 11.1. The van der Waals surface area contributed by atoms with E-state index in [0.29, 0.717) is 25.5 Å². The fraction of sp³-hybridized carbons (Fsp3) is 0.583. The third-order valence-corrected chi connectivity index (χ3v) is 2.21. The average Bonchev–Trinajstić information content (AvgIpc) is 2.35. The van der Waals surface area contributed by atoms with E-state index in [1.807, 2.05) is 19.0 Å². The van der Waals surface area contributed by atoms with Crippen LogP contribution in [0, 0.1) is 0 Å². The molecule has 0 atom stereocenters. The highest BCUT2D eigenvalue weighted by atomic mass is 16.5. The van der Waals surface area contributed by atoms with Crippen molar-refractivity contribution >= 4 is 17.7 Å². The lowest BCUT2D eigenvalue weighted by atomic mass is 10.3. The molecule has 0 aliphatic rings. The smallest absolute Gasteiger partial charge is 0.305 e. The van der Waals surface area contributed by atoms with Crippen LogP contribution in [0.1, 0.15) is 19.8 Å². The first-order chi connectivity index (χ1) is 8.63. The van der Waals surface area contributed by atoms with Gasteiger partial charge in [0.1, 0.15) is 5.82 Å². The highest BCUT2D eigenvalue weighted by Crippen LogP contribution is 2.07. The van der Waals surface area contributed by atoms with Crippen LogP contribution in [0.2, 0.25) is 0 Å². The van der Waals surface area contributed by atoms with Gasteiger partial charge in [0.25, 0.3) is 0 Å². The quantitative estimate of drug-likeness (QED) is 0.583. The predicted molar refractivity (Wildman–Crippen MR) is 70.7 cm³/mol. The summed E-state index contributed by atoms with van der Waals surface area (Å²) in [6.07, 6.45) is 2.85. The van der Waals surface area contributed by atoms with Crippen molar-refractivity contribution < 1.29 is 9.53 Å². The van der Waals surface area contributed by atoms with Gasteiger partial charge in [0.05, 0.1) is 6.61 Å². The minimum atomic E-state index is -0.157. The molecule has 1 aromatic rings. The molecule has 0 amide bonds. The van der Waals surface area contributed by atoms with E-state index in [2.05, 4.69) is 15.3 Å². The number of anilines is 2. The number of carbonyl (C=O) groups is 1. The first-order valence-electron chi connectivity index (χ1n) is 6.03. The van der Waals surface area contributed by atoms with Crippen molar-refractivity contribution in [3.05, 3.63) is 12.3 Å². The minimum Gasteiger partial charge on any atom is -0.466 e. The standard InChI is InChI=1S/C12H20N4O2/c1-4-18-11(17)6-5-8-13-10-7-9-14-12(15-10)16(2)3/h7,9H,4-6,8H2,1-3H3,(H,13,14,15). The molecule has 0 radical (unpaired) electrons. The van der Waals surface area contributed by atoms with Crippen molar-refractivity contribution in [1.82, 2.24) is 9.97 Å². The van der Waals surface area contributed by atoms with Crippen LogP contribution in [0.15, 0.2) is 12.3 Å². The molecule has 1 heterocycles. The number of esters is 1. The summed E-state index contributed by atoms with van der Waals surface area (Å²) in [7, 11) is 3.78. The van der Waals surface area contributed by atoms with Gasteiger partial charge in [-0.05, 0) is 19.4 Å². The van der Waals surface area contributed by atoms with Crippen LogP contribution in [0.5, 0.6) is 0 Å². The molecule has 0 fully saturated rings. The average molecular weight is 252 g/mol. The molecule has 0 bridgehead atoms. The zero-order valence-electron chi connectivity index (χ0n) is 11.1. The van der Waals surface area contributed by atoms with E-state index in [1.54, 1.807) is 19.2 Å². The first-order valence-corrected chi connectivity index (χ1v) is 6.03. The fourth-order valence-electron chi connectivity index (χ4n) is 1.34. The molecule has 18 heavy (non-hydrogen) atoms. The summed E-state index contributed by atoms with van der Waals surface area (Å²) in [5, 5.41) is 3.15. The summed E-state index contributed by atoms with van der Waals surface area (Å²) in [5.41, 5.74) is 0. The lowest BCUT2D eigenvalue weighted by Crippen LogP contribution is -2.14. The third-order valence-electron chi connectivity index (χ3n) is 2.21. The van der Waals surface area contributed by atoms with Gasteiger partial charge in [0.15, 0.2) is 0 Å². The van der Waals surface area contributed by atoms with Crippen LogP contribution >= 0.6 is 0 Å². The molecule has 0 unspecified atom stereocenters. The Kier molecular flexibility index (Phi) is 5.90. The second-order valence-electron chi connectivity index (χ2n) is 3.97. The summed E-state index contributed by atoms with van der Waals surface area (Å²) >= 11 is 0. The van der Waals surface area contributed by atoms with E-state index in [-0.39, 0.29) is 5.97 Å². The summed E-state index contributed by atoms with van der Waals surface area (Å²) in [6.45, 7) is 2.92. The van der Waals surface area contributed by atoms with E-state index in [0.717, 1.165) is 12.2 Å². The molecule has 0 aromatic carbocycles. The third kappa shape index (κ3) is 4.99. The Balaban J connectivity index is 2.31. The fourth-order valence-corrected chi connectivity index (χ4v) is 1.34. The molecule has 1 N–H and O–H groups in total. The Hall–Kier alpha value is -1.85. The summed E-state index contributed by atoms with van der Waals surface area (Å²) in [6, 6.07) is 1.80. The normalized spacial score (nSPS) is 9.94. The van der Waals surface area contributed by atoms with Crippen molar-refractivity contribution in [2.24, 2.45) is 0 Å². The van der Waals surface area contributed by atoms with E-state index < -0.39 is 0 Å². The second-order valence-corrected chi connectivity index (χ2v) is 3.97. The summed E-state index contributed by atoms with van der Waals surface area (Å²) < 4.78 is 4.85. The molecule has 1 rings (SSSR count). The van der Waals surface area contributed by atoms with Gasteiger partial charge in [-0.1, -0.05) is 0 Å². The van der Waals surface area contributed by atoms with Crippen molar-refractivity contribution in [2.75, 3.05) is 37.5 Å². The van der Waals surface area contributed by atoms with Crippen molar-refractivity contribution in [2.45, 2.75) is 19.8 Å². The van der Waals surface area contributed by atoms with Crippen LogP contribution in [0.4, 0.5) is 11.8 Å². The van der Waals surface area contributed by atoms with E-state index in [4.69, 9.17) is 4.74 Å². The van der Waals surface area contributed by atoms with Crippen LogP contribution in [-0.2, 0) is 9.53 Å². The van der Waals surface area contributed by atoms with Gasteiger partial charge in [-0.3, -0.25) is 4.79 Å². The van der Waals surface area contributed by atoms with Crippen molar-refractivity contribution in [1.29, 1.82) is 0 Å². The molecule has 1 aromatic heterocycles. The molecular formula is C12H20N4O2. The van der Waals surface area contributed by atoms with Crippen molar-refractivity contribution in [3.8, 4) is 0 Å². The Morgan fingerprint density at radius 3 is 2.94 bits per heavy atom. The van der Waals surface area contributed by atoms with Gasteiger partial charge in [0.2, 0.25) is 5.95 Å². The van der Waals surface area contributed by atoms with Gasteiger partial charge >= 0.3 is 5.97 Å².